The van der Waals surface area contributed by atoms with E-state index in [1.165, 1.54) is 12.3 Å². The van der Waals surface area contributed by atoms with E-state index in [1.807, 2.05) is 6.92 Å². The number of nitrogens with one attached hydrogen (secondary N) is 2. The van der Waals surface area contributed by atoms with Crippen LogP contribution in [0.5, 0.6) is 0 Å². The van der Waals surface area contributed by atoms with Gasteiger partial charge in [0.25, 0.3) is 18.2 Å². The van der Waals surface area contributed by atoms with E-state index in [4.69, 9.17) is 17.3 Å². The number of amides is 2. The van der Waals surface area contributed by atoms with Gasteiger partial charge in [-0.05, 0) is 25.5 Å². The lowest BCUT2D eigenvalue weighted by atomic mass is 10.0. The van der Waals surface area contributed by atoms with Gasteiger partial charge in [0, 0.05) is 23.2 Å². The molecule has 0 aliphatic heterocycles. The predicted octanol–water partition coefficient (Wildman–Crippen LogP) is 4.15. The number of alkyl halides is 2. The molecule has 13 heteroatoms. The van der Waals surface area contributed by atoms with Crippen LogP contribution in [-0.2, 0) is 6.54 Å². The normalized spacial score (nSPS) is 11.4. The topological polar surface area (TPSA) is 132 Å². The Labute approximate surface area is 188 Å². The molecule has 0 fully saturated rings. The van der Waals surface area contributed by atoms with E-state index in [-0.39, 0.29) is 26.1 Å². The zero-order valence-corrected chi connectivity index (χ0v) is 18.3. The molecule has 0 aliphatic carbocycles. The molecule has 4 heterocycles. The Morgan fingerprint density at radius 3 is 2.66 bits per heavy atom. The van der Waals surface area contributed by atoms with Crippen molar-refractivity contribution in [2.75, 3.05) is 5.32 Å². The van der Waals surface area contributed by atoms with Gasteiger partial charge in [-0.25, -0.2) is 13.8 Å². The van der Waals surface area contributed by atoms with Gasteiger partial charge in [0.2, 0.25) is 0 Å². The summed E-state index contributed by atoms with van der Waals surface area (Å²) in [6, 6.07) is 1.23. The summed E-state index contributed by atoms with van der Waals surface area (Å²) in [5, 5.41) is 13.4. The zero-order valence-electron chi connectivity index (χ0n) is 16.7. The van der Waals surface area contributed by atoms with Crippen molar-refractivity contribution < 1.29 is 18.4 Å². The molecular formula is C19H16ClF2N7O2S. The Kier molecular flexibility index (Phi) is 5.65. The second kappa shape index (κ2) is 8.28. The van der Waals surface area contributed by atoms with Gasteiger partial charge in [-0.3, -0.25) is 19.4 Å². The molecule has 4 aromatic rings. The van der Waals surface area contributed by atoms with E-state index in [2.05, 4.69) is 25.6 Å². The maximum absolute atomic E-state index is 13.6. The third kappa shape index (κ3) is 3.60. The Morgan fingerprint density at radius 2 is 2.09 bits per heavy atom. The smallest absolute Gasteiger partial charge is 0.280 e. The fourth-order valence-corrected chi connectivity index (χ4v) is 4.56. The highest BCUT2D eigenvalue weighted by atomic mass is 35.5. The molecule has 0 atom stereocenters. The van der Waals surface area contributed by atoms with Crippen molar-refractivity contribution in [2.24, 2.45) is 5.73 Å². The van der Waals surface area contributed by atoms with Gasteiger partial charge in [0.1, 0.15) is 21.1 Å². The van der Waals surface area contributed by atoms with Crippen molar-refractivity contribution >= 4 is 50.7 Å². The average Bonchev–Trinajstić information content (AvgIpc) is 3.44. The minimum absolute atomic E-state index is 0.0323. The number of halogens is 3. The van der Waals surface area contributed by atoms with Crippen LogP contribution < -0.4 is 11.1 Å². The number of rotatable bonds is 6. The second-order valence-corrected chi connectivity index (χ2v) is 8.16. The van der Waals surface area contributed by atoms with Gasteiger partial charge in [-0.15, -0.1) is 11.3 Å². The van der Waals surface area contributed by atoms with Crippen LogP contribution in [-0.4, -0.2) is 36.8 Å². The van der Waals surface area contributed by atoms with Gasteiger partial charge < -0.3 is 11.1 Å². The van der Waals surface area contributed by atoms with E-state index >= 15 is 0 Å². The number of primary amides is 1. The summed E-state index contributed by atoms with van der Waals surface area (Å²) in [6.07, 6.45) is -0.0516. The number of anilines is 1. The number of aryl methyl sites for hydroxylation is 1. The molecular weight excluding hydrogens is 464 g/mol. The first-order valence-electron chi connectivity index (χ1n) is 9.31. The molecule has 0 unspecified atom stereocenters. The summed E-state index contributed by atoms with van der Waals surface area (Å²) in [5.41, 5.74) is 6.71. The monoisotopic (exact) mass is 479 g/mol. The molecule has 0 aliphatic rings. The van der Waals surface area contributed by atoms with Gasteiger partial charge in [-0.1, -0.05) is 11.6 Å². The second-order valence-electron chi connectivity index (χ2n) is 6.75. The molecule has 0 spiro atoms. The quantitative estimate of drug-likeness (QED) is 0.382. The Balaban J connectivity index is 2.00. The van der Waals surface area contributed by atoms with Gasteiger partial charge in [-0.2, -0.15) is 10.2 Å². The van der Waals surface area contributed by atoms with Gasteiger partial charge >= 0.3 is 0 Å². The summed E-state index contributed by atoms with van der Waals surface area (Å²) >= 11 is 6.78. The third-order valence-corrected chi connectivity index (χ3v) is 6.27. The number of nitrogens with zero attached hydrogens (tertiary/aromatic N) is 4. The first-order chi connectivity index (χ1) is 15.2. The molecule has 4 N–H and O–H groups in total. The van der Waals surface area contributed by atoms with Gasteiger partial charge in [0.15, 0.2) is 0 Å². The van der Waals surface area contributed by atoms with Crippen molar-refractivity contribution in [1.82, 2.24) is 25.0 Å². The Hall–Kier alpha value is -3.38. The lowest BCUT2D eigenvalue weighted by Gasteiger charge is -2.11. The fraction of sp³-hybridized carbons (Fsp3) is 0.211. The lowest BCUT2D eigenvalue weighted by molar-refractivity contribution is 0.100. The lowest BCUT2D eigenvalue weighted by Crippen LogP contribution is -2.17. The first kappa shape index (κ1) is 21.8. The van der Waals surface area contributed by atoms with Crippen molar-refractivity contribution in [3.8, 4) is 11.1 Å². The molecule has 0 radical (unpaired) electrons. The highest BCUT2D eigenvalue weighted by Crippen LogP contribution is 2.43. The Morgan fingerprint density at radius 1 is 1.34 bits per heavy atom. The maximum Gasteiger partial charge on any atom is 0.280 e. The maximum atomic E-state index is 13.6. The molecule has 0 aromatic carbocycles. The molecule has 32 heavy (non-hydrogen) atoms. The van der Waals surface area contributed by atoms with E-state index in [9.17, 15) is 18.4 Å². The number of carbonyl (C=O) groups excluding carboxylic acids is 2. The minimum atomic E-state index is -2.85. The summed E-state index contributed by atoms with van der Waals surface area (Å²) < 4.78 is 28.9. The standard InChI is InChI=1S/C19H16ClF2N7O2S/c1-3-29-7(2)9(5-25-29)8-4-11(16(21)22)26-19-12(8)14(15(32-19)17(23)30)27-18(31)13-10(20)6-24-28-13/h4-6,16H,3H2,1-2H3,(H2,23,30)(H,24,28)(H,27,31). The number of thiophene rings is 1. The first-order valence-corrected chi connectivity index (χ1v) is 10.5. The molecule has 2 amide bonds. The number of aromatic nitrogens is 5. The average molecular weight is 480 g/mol. The minimum Gasteiger partial charge on any atom is -0.365 e. The molecule has 0 saturated heterocycles. The van der Waals surface area contributed by atoms with Crippen LogP contribution in [0, 0.1) is 6.92 Å². The fourth-order valence-electron chi connectivity index (χ4n) is 3.37. The van der Waals surface area contributed by atoms with Crippen molar-refractivity contribution in [3.63, 3.8) is 0 Å². The highest BCUT2D eigenvalue weighted by Gasteiger charge is 2.27. The van der Waals surface area contributed by atoms with Crippen LogP contribution in [0.25, 0.3) is 21.3 Å². The van der Waals surface area contributed by atoms with Gasteiger partial charge in [0.05, 0.1) is 23.1 Å². The van der Waals surface area contributed by atoms with Crippen molar-refractivity contribution in [1.29, 1.82) is 0 Å². The van der Waals surface area contributed by atoms with Crippen LogP contribution in [0.4, 0.5) is 14.5 Å². The number of fused-ring (bicyclic) bond motifs is 1. The number of nitrogens with two attached hydrogens (primary N) is 1. The summed E-state index contributed by atoms with van der Waals surface area (Å²) in [7, 11) is 0. The molecule has 4 rings (SSSR count). The number of carbonyl (C=O) groups is 2. The molecule has 0 bridgehead atoms. The third-order valence-electron chi connectivity index (χ3n) is 4.88. The molecule has 166 valence electrons. The van der Waals surface area contributed by atoms with Crippen LogP contribution >= 0.6 is 22.9 Å². The molecule has 9 nitrogen and oxygen atoms in total. The highest BCUT2D eigenvalue weighted by molar-refractivity contribution is 7.21. The zero-order chi connectivity index (χ0) is 23.2. The van der Waals surface area contributed by atoms with E-state index < -0.39 is 23.9 Å². The number of hydrogen-bond donors (Lipinski definition) is 3. The Bertz CT molecular complexity index is 1360. The molecule has 4 aromatic heterocycles. The largest absolute Gasteiger partial charge is 0.365 e. The number of hydrogen-bond acceptors (Lipinski definition) is 6. The van der Waals surface area contributed by atoms with Crippen LogP contribution in [0.15, 0.2) is 18.5 Å². The number of aromatic amines is 1. The predicted molar refractivity (Wildman–Crippen MR) is 116 cm³/mol. The van der Waals surface area contributed by atoms with Crippen LogP contribution in [0.2, 0.25) is 5.02 Å². The van der Waals surface area contributed by atoms with Crippen LogP contribution in [0.1, 0.15) is 44.9 Å². The SMILES string of the molecule is CCn1ncc(-c2cc(C(F)F)nc3sc(C(N)=O)c(NC(=O)c4[nH]ncc4Cl)c23)c1C. The van der Waals surface area contributed by atoms with Crippen LogP contribution in [0.3, 0.4) is 0 Å². The molecule has 0 saturated carbocycles. The number of H-pyrrole nitrogens is 1. The summed E-state index contributed by atoms with van der Waals surface area (Å²) in [6.45, 7) is 4.26. The number of pyridine rings is 1. The van der Waals surface area contributed by atoms with E-state index in [0.717, 1.165) is 17.0 Å². The van der Waals surface area contributed by atoms with E-state index in [1.54, 1.807) is 17.8 Å². The van der Waals surface area contributed by atoms with Crippen molar-refractivity contribution in [2.45, 2.75) is 26.8 Å². The van der Waals surface area contributed by atoms with Crippen molar-refractivity contribution in [3.05, 3.63) is 45.4 Å². The summed E-state index contributed by atoms with van der Waals surface area (Å²) in [5.74, 6) is -1.52. The summed E-state index contributed by atoms with van der Waals surface area (Å²) in [4.78, 5) is 29.0. The van der Waals surface area contributed by atoms with E-state index in [0.29, 0.717) is 23.1 Å².